The fourth-order valence-electron chi connectivity index (χ4n) is 2.70. The van der Waals surface area contributed by atoms with Gasteiger partial charge in [0.15, 0.2) is 0 Å². The van der Waals surface area contributed by atoms with E-state index in [0.717, 1.165) is 43.7 Å². The Kier molecular flexibility index (Phi) is 5.41. The van der Waals surface area contributed by atoms with Crippen molar-refractivity contribution in [2.45, 2.75) is 32.2 Å². The Morgan fingerprint density at radius 3 is 2.80 bits per heavy atom. The maximum atomic E-state index is 12.2. The number of hydrogen-bond acceptors (Lipinski definition) is 3. The van der Waals surface area contributed by atoms with Crippen molar-refractivity contribution >= 4 is 5.91 Å². The van der Waals surface area contributed by atoms with E-state index in [1.807, 2.05) is 31.2 Å². The topological polar surface area (TPSA) is 50.4 Å². The van der Waals surface area contributed by atoms with E-state index in [-0.39, 0.29) is 17.9 Å². The summed E-state index contributed by atoms with van der Waals surface area (Å²) in [6.07, 6.45) is 2.67. The number of piperidine rings is 1. The summed E-state index contributed by atoms with van der Waals surface area (Å²) in [5, 5.41) is 6.41. The molecule has 1 saturated heterocycles. The van der Waals surface area contributed by atoms with Crippen molar-refractivity contribution in [3.8, 4) is 5.75 Å². The number of rotatable bonds is 5. The molecule has 1 unspecified atom stereocenters. The molecule has 1 fully saturated rings. The highest BCUT2D eigenvalue weighted by molar-refractivity contribution is 5.79. The van der Waals surface area contributed by atoms with Crippen molar-refractivity contribution in [2.75, 3.05) is 20.2 Å². The largest absolute Gasteiger partial charge is 0.496 e. The minimum absolute atomic E-state index is 0.119. The summed E-state index contributed by atoms with van der Waals surface area (Å²) in [4.78, 5) is 12.2. The third-order valence-corrected chi connectivity index (χ3v) is 3.82. The lowest BCUT2D eigenvalue weighted by molar-refractivity contribution is -0.126. The van der Waals surface area contributed by atoms with E-state index in [9.17, 15) is 4.79 Å². The molecule has 1 amide bonds. The number of methoxy groups -OCH3 is 1. The van der Waals surface area contributed by atoms with Crippen LogP contribution in [0.15, 0.2) is 24.3 Å². The molecule has 4 heteroatoms. The van der Waals surface area contributed by atoms with Crippen molar-refractivity contribution in [3.63, 3.8) is 0 Å². The first-order valence-corrected chi connectivity index (χ1v) is 7.33. The summed E-state index contributed by atoms with van der Waals surface area (Å²) in [6.45, 7) is 3.93. The Morgan fingerprint density at radius 1 is 1.40 bits per heavy atom. The highest BCUT2D eigenvalue weighted by Crippen LogP contribution is 2.19. The second-order valence-corrected chi connectivity index (χ2v) is 5.45. The van der Waals surface area contributed by atoms with E-state index in [4.69, 9.17) is 4.74 Å². The van der Waals surface area contributed by atoms with Crippen molar-refractivity contribution in [1.82, 2.24) is 10.6 Å². The second-order valence-electron chi connectivity index (χ2n) is 5.45. The van der Waals surface area contributed by atoms with Gasteiger partial charge in [-0.1, -0.05) is 18.2 Å². The maximum Gasteiger partial charge on any atom is 0.223 e. The minimum atomic E-state index is 0.119. The van der Waals surface area contributed by atoms with Crippen LogP contribution in [0.25, 0.3) is 0 Å². The third-order valence-electron chi connectivity index (χ3n) is 3.82. The molecule has 4 nitrogen and oxygen atoms in total. The van der Waals surface area contributed by atoms with Gasteiger partial charge in [0, 0.05) is 12.0 Å². The molecule has 2 rings (SSSR count). The first kappa shape index (κ1) is 14.9. The van der Waals surface area contributed by atoms with Gasteiger partial charge >= 0.3 is 0 Å². The number of nitrogens with one attached hydrogen (secondary N) is 2. The van der Waals surface area contributed by atoms with Crippen LogP contribution in [0.5, 0.6) is 5.75 Å². The number of carbonyl (C=O) groups excluding carboxylic acids is 1. The molecule has 0 aliphatic carbocycles. The van der Waals surface area contributed by atoms with Gasteiger partial charge in [0.2, 0.25) is 5.91 Å². The Labute approximate surface area is 120 Å². The van der Waals surface area contributed by atoms with Gasteiger partial charge in [0.1, 0.15) is 5.75 Å². The fraction of sp³-hybridized carbons (Fsp3) is 0.562. The monoisotopic (exact) mass is 276 g/mol. The van der Waals surface area contributed by atoms with Crippen molar-refractivity contribution < 1.29 is 9.53 Å². The molecule has 0 bridgehead atoms. The van der Waals surface area contributed by atoms with Crippen LogP contribution < -0.4 is 15.4 Å². The molecule has 110 valence electrons. The van der Waals surface area contributed by atoms with E-state index in [1.165, 1.54) is 0 Å². The molecule has 2 N–H and O–H groups in total. The summed E-state index contributed by atoms with van der Waals surface area (Å²) in [5.74, 6) is 1.24. The molecule has 0 radical (unpaired) electrons. The minimum Gasteiger partial charge on any atom is -0.496 e. The molecule has 0 saturated carbocycles. The zero-order chi connectivity index (χ0) is 14.4. The van der Waals surface area contributed by atoms with Crippen LogP contribution in [-0.4, -0.2) is 32.1 Å². The highest BCUT2D eigenvalue weighted by Gasteiger charge is 2.22. The smallest absolute Gasteiger partial charge is 0.223 e. The molecule has 0 aromatic heterocycles. The van der Waals surface area contributed by atoms with Crippen molar-refractivity contribution in [2.24, 2.45) is 5.92 Å². The van der Waals surface area contributed by atoms with Crippen LogP contribution in [0, 0.1) is 5.92 Å². The van der Waals surface area contributed by atoms with Crippen LogP contribution >= 0.6 is 0 Å². The molecule has 1 atom stereocenters. The van der Waals surface area contributed by atoms with Crippen LogP contribution in [0.1, 0.15) is 25.3 Å². The predicted octanol–water partition coefficient (Wildman–Crippen LogP) is 1.74. The normalized spacial score (nSPS) is 17.5. The summed E-state index contributed by atoms with van der Waals surface area (Å²) < 4.78 is 5.35. The summed E-state index contributed by atoms with van der Waals surface area (Å²) in [6, 6.07) is 8.08. The lowest BCUT2D eigenvalue weighted by Crippen LogP contribution is -2.42. The summed E-state index contributed by atoms with van der Waals surface area (Å²) in [5.41, 5.74) is 1.13. The number of carbonyl (C=O) groups is 1. The molecular formula is C16H24N2O2. The van der Waals surface area contributed by atoms with Gasteiger partial charge in [-0.25, -0.2) is 0 Å². The molecular weight excluding hydrogens is 252 g/mol. The first-order valence-electron chi connectivity index (χ1n) is 7.33. The van der Waals surface area contributed by atoms with Crippen LogP contribution in [0.3, 0.4) is 0 Å². The average Bonchev–Trinajstić information content (AvgIpc) is 2.48. The molecule has 0 spiro atoms. The van der Waals surface area contributed by atoms with Gasteiger partial charge in [0.05, 0.1) is 7.11 Å². The van der Waals surface area contributed by atoms with E-state index >= 15 is 0 Å². The van der Waals surface area contributed by atoms with Gasteiger partial charge in [-0.05, 0) is 50.9 Å². The number of amides is 1. The molecule has 1 aliphatic rings. The lowest BCUT2D eigenvalue weighted by Gasteiger charge is -2.24. The number of benzene rings is 1. The van der Waals surface area contributed by atoms with Gasteiger partial charge in [-0.3, -0.25) is 4.79 Å². The molecule has 1 aromatic carbocycles. The van der Waals surface area contributed by atoms with Gasteiger partial charge in [-0.15, -0.1) is 0 Å². The van der Waals surface area contributed by atoms with E-state index in [2.05, 4.69) is 10.6 Å². The SMILES string of the molecule is COc1ccccc1CC(C)NC(=O)C1CCNCC1. The highest BCUT2D eigenvalue weighted by atomic mass is 16.5. The standard InChI is InChI=1S/C16H24N2O2/c1-12(11-14-5-3-4-6-15(14)20-2)18-16(19)13-7-9-17-10-8-13/h3-6,12-13,17H,7-11H2,1-2H3,(H,18,19). The van der Waals surface area contributed by atoms with Crippen LogP contribution in [0.2, 0.25) is 0 Å². The first-order chi connectivity index (χ1) is 9.70. The summed E-state index contributed by atoms with van der Waals surface area (Å²) in [7, 11) is 1.68. The Hall–Kier alpha value is -1.55. The number of para-hydroxylation sites is 1. The number of ether oxygens (including phenoxy) is 1. The van der Waals surface area contributed by atoms with Gasteiger partial charge < -0.3 is 15.4 Å². The zero-order valence-corrected chi connectivity index (χ0v) is 12.3. The van der Waals surface area contributed by atoms with Crippen molar-refractivity contribution in [3.05, 3.63) is 29.8 Å². The molecule has 1 aromatic rings. The Morgan fingerprint density at radius 2 is 2.10 bits per heavy atom. The molecule has 20 heavy (non-hydrogen) atoms. The van der Waals surface area contributed by atoms with E-state index < -0.39 is 0 Å². The summed E-state index contributed by atoms with van der Waals surface area (Å²) >= 11 is 0. The number of hydrogen-bond donors (Lipinski definition) is 2. The quantitative estimate of drug-likeness (QED) is 0.861. The molecule has 1 aliphatic heterocycles. The Balaban J connectivity index is 1.88. The zero-order valence-electron chi connectivity index (χ0n) is 12.3. The second kappa shape index (κ2) is 7.29. The molecule has 1 heterocycles. The predicted molar refractivity (Wildman–Crippen MR) is 79.9 cm³/mol. The van der Waals surface area contributed by atoms with E-state index in [0.29, 0.717) is 0 Å². The maximum absolute atomic E-state index is 12.2. The third kappa shape index (κ3) is 3.97. The van der Waals surface area contributed by atoms with Gasteiger partial charge in [-0.2, -0.15) is 0 Å². The van der Waals surface area contributed by atoms with Crippen LogP contribution in [0.4, 0.5) is 0 Å². The lowest BCUT2D eigenvalue weighted by atomic mass is 9.96. The average molecular weight is 276 g/mol. The van der Waals surface area contributed by atoms with Gasteiger partial charge in [0.25, 0.3) is 0 Å². The fourth-order valence-corrected chi connectivity index (χ4v) is 2.70. The Bertz CT molecular complexity index is 442. The van der Waals surface area contributed by atoms with Crippen LogP contribution in [-0.2, 0) is 11.2 Å². The van der Waals surface area contributed by atoms with Crippen molar-refractivity contribution in [1.29, 1.82) is 0 Å². The van der Waals surface area contributed by atoms with E-state index in [1.54, 1.807) is 7.11 Å².